The van der Waals surface area contributed by atoms with E-state index >= 15 is 0 Å². The van der Waals surface area contributed by atoms with Crippen LogP contribution in [-0.4, -0.2) is 32.4 Å². The Balaban J connectivity index is 0.000000201. The van der Waals surface area contributed by atoms with Crippen molar-refractivity contribution in [2.45, 2.75) is 50.0 Å². The number of aromatic nitrogens is 2. The maximum Gasteiger partial charge on any atom is 0.212 e. The van der Waals surface area contributed by atoms with Crippen LogP contribution in [0.2, 0.25) is 5.82 Å². The monoisotopic (exact) mass is 632 g/mol. The van der Waals surface area contributed by atoms with Crippen LogP contribution in [0, 0.1) is 0 Å². The van der Waals surface area contributed by atoms with Gasteiger partial charge in [-0.05, 0) is 29.7 Å². The van der Waals surface area contributed by atoms with Gasteiger partial charge in [-0.2, -0.15) is 0 Å². The van der Waals surface area contributed by atoms with Gasteiger partial charge < -0.3 is 9.30 Å². The molecule has 47 heavy (non-hydrogen) atoms. The van der Waals surface area contributed by atoms with Crippen molar-refractivity contribution in [1.29, 1.82) is 0 Å². The fraction of sp³-hybridized carbons (Fsp3) is 0.214. The van der Waals surface area contributed by atoms with Gasteiger partial charge in [0, 0.05) is 12.4 Å². The number of rotatable bonds is 13. The van der Waals surface area contributed by atoms with Gasteiger partial charge in [-0.15, -0.1) is 0 Å². The van der Waals surface area contributed by atoms with Gasteiger partial charge in [0.2, 0.25) is 6.71 Å². The quantitative estimate of drug-likeness (QED) is 0.0999. The first-order valence-corrected chi connectivity index (χ1v) is 18.6. The standard InChI is InChI=1S/C27H30N2OSi.C15H15B/c1-2-3-10-20-30-25-16-11-17-26(21-25)31-27(29-19-18-28-22-29,23-12-6-4-7-13-23)24-14-8-5-9-15-24;1-3-7-13(8-4-1)16(15-11-12-15)14-9-5-2-6-10-14/h4-9,11-19,21-22H,2-3,10,20,31H2,1H3;1-10,15H,11-12H2. The summed E-state index contributed by atoms with van der Waals surface area (Å²) < 4.78 is 8.36. The van der Waals surface area contributed by atoms with Crippen molar-refractivity contribution in [1.82, 2.24) is 9.55 Å². The van der Waals surface area contributed by atoms with Gasteiger partial charge in [0.15, 0.2) is 0 Å². The van der Waals surface area contributed by atoms with Gasteiger partial charge >= 0.3 is 0 Å². The van der Waals surface area contributed by atoms with Crippen LogP contribution in [0.4, 0.5) is 0 Å². The summed E-state index contributed by atoms with van der Waals surface area (Å²) >= 11 is 0. The van der Waals surface area contributed by atoms with Crippen LogP contribution in [0.1, 0.15) is 50.2 Å². The van der Waals surface area contributed by atoms with E-state index in [2.05, 4.69) is 168 Å². The molecule has 1 aliphatic carbocycles. The lowest BCUT2D eigenvalue weighted by atomic mass is 9.37. The molecule has 236 valence electrons. The topological polar surface area (TPSA) is 27.1 Å². The second-order valence-electron chi connectivity index (χ2n) is 12.6. The number of hydrogen-bond acceptors (Lipinski definition) is 2. The molecule has 0 spiro atoms. The zero-order valence-electron chi connectivity index (χ0n) is 27.5. The van der Waals surface area contributed by atoms with E-state index in [1.807, 2.05) is 12.5 Å². The average molecular weight is 633 g/mol. The molecule has 0 bridgehead atoms. The lowest BCUT2D eigenvalue weighted by Gasteiger charge is -2.37. The van der Waals surface area contributed by atoms with Crippen LogP contribution in [0.3, 0.4) is 0 Å². The number of imidazole rings is 1. The highest BCUT2D eigenvalue weighted by Crippen LogP contribution is 2.38. The Labute approximate surface area is 283 Å². The smallest absolute Gasteiger partial charge is 0.212 e. The summed E-state index contributed by atoms with van der Waals surface area (Å²) in [5, 5.41) is 1.11. The Morgan fingerprint density at radius 3 is 1.81 bits per heavy atom. The SMILES string of the molecule is CCCCCOc1cccc([SiH2]C(c2ccccc2)(c2ccccc2)n2ccnc2)c1.c1ccc(B(c2ccccc2)C2CC2)cc1. The molecular weight excluding hydrogens is 587 g/mol. The van der Waals surface area contributed by atoms with E-state index in [1.54, 1.807) is 0 Å². The van der Waals surface area contributed by atoms with Crippen molar-refractivity contribution in [2.75, 3.05) is 6.61 Å². The van der Waals surface area contributed by atoms with Gasteiger partial charge in [-0.25, -0.2) is 4.98 Å². The van der Waals surface area contributed by atoms with Crippen molar-refractivity contribution in [3.05, 3.63) is 175 Å². The second kappa shape index (κ2) is 16.3. The number of nitrogens with zero attached hydrogens (tertiary/aromatic N) is 2. The van der Waals surface area contributed by atoms with Crippen molar-refractivity contribution < 1.29 is 4.74 Å². The largest absolute Gasteiger partial charge is 0.494 e. The van der Waals surface area contributed by atoms with E-state index in [0.29, 0.717) is 6.71 Å². The molecule has 0 saturated heterocycles. The molecule has 0 atom stereocenters. The second-order valence-corrected chi connectivity index (χ2v) is 14.8. The molecule has 5 aromatic carbocycles. The van der Waals surface area contributed by atoms with Crippen LogP contribution in [0.15, 0.2) is 164 Å². The van der Waals surface area contributed by atoms with E-state index in [-0.39, 0.29) is 5.16 Å². The molecule has 1 heterocycles. The van der Waals surface area contributed by atoms with Gasteiger partial charge in [0.25, 0.3) is 0 Å². The lowest BCUT2D eigenvalue weighted by Crippen LogP contribution is -2.46. The summed E-state index contributed by atoms with van der Waals surface area (Å²) in [5.41, 5.74) is 5.52. The first-order valence-electron chi connectivity index (χ1n) is 17.2. The van der Waals surface area contributed by atoms with E-state index in [0.717, 1.165) is 24.6 Å². The minimum atomic E-state index is -0.881. The van der Waals surface area contributed by atoms with Crippen molar-refractivity contribution in [3.63, 3.8) is 0 Å². The molecule has 1 fully saturated rings. The van der Waals surface area contributed by atoms with Crippen molar-refractivity contribution in [3.8, 4) is 5.75 Å². The van der Waals surface area contributed by atoms with Crippen LogP contribution in [0.25, 0.3) is 0 Å². The number of unbranched alkanes of at least 4 members (excludes halogenated alkanes) is 2. The Bertz CT molecular complexity index is 1670. The summed E-state index contributed by atoms with van der Waals surface area (Å²) in [6, 6.07) is 52.2. The Hall–Kier alpha value is -4.61. The third-order valence-corrected chi connectivity index (χ3v) is 11.8. The molecule has 0 unspecified atom stereocenters. The summed E-state index contributed by atoms with van der Waals surface area (Å²) in [7, 11) is -0.881. The van der Waals surface area contributed by atoms with Crippen molar-refractivity contribution >= 4 is 32.3 Å². The lowest BCUT2D eigenvalue weighted by molar-refractivity contribution is 0.306. The molecule has 0 radical (unpaired) electrons. The van der Waals surface area contributed by atoms with E-state index in [4.69, 9.17) is 4.74 Å². The molecule has 0 N–H and O–H groups in total. The zero-order valence-corrected chi connectivity index (χ0v) is 28.9. The Morgan fingerprint density at radius 2 is 1.30 bits per heavy atom. The summed E-state index contributed by atoms with van der Waals surface area (Å²) in [5.74, 6) is 1.84. The molecule has 5 heteroatoms. The van der Waals surface area contributed by atoms with Gasteiger partial charge in [-0.3, -0.25) is 0 Å². The molecule has 1 aromatic heterocycles. The molecular formula is C42H45BN2OSi. The summed E-state index contributed by atoms with van der Waals surface area (Å²) in [6.45, 7) is 3.61. The van der Waals surface area contributed by atoms with E-state index in [9.17, 15) is 0 Å². The third-order valence-electron chi connectivity index (χ3n) is 9.23. The Kier molecular flexibility index (Phi) is 11.2. The van der Waals surface area contributed by atoms with Gasteiger partial charge in [0.1, 0.15) is 5.75 Å². The van der Waals surface area contributed by atoms with Gasteiger partial charge in [-0.1, -0.05) is 188 Å². The van der Waals surface area contributed by atoms with Crippen LogP contribution >= 0.6 is 0 Å². The number of hydrogen-bond donors (Lipinski definition) is 0. The summed E-state index contributed by atoms with van der Waals surface area (Å²) in [6.07, 6.45) is 12.2. The first-order chi connectivity index (χ1) is 23.3. The minimum absolute atomic E-state index is 0.264. The maximum absolute atomic E-state index is 6.07. The van der Waals surface area contributed by atoms with Crippen LogP contribution < -0.4 is 20.8 Å². The van der Waals surface area contributed by atoms with Crippen LogP contribution in [0.5, 0.6) is 5.75 Å². The molecule has 3 nitrogen and oxygen atoms in total. The Morgan fingerprint density at radius 1 is 0.723 bits per heavy atom. The highest BCUT2D eigenvalue weighted by Gasteiger charge is 2.37. The number of benzene rings is 5. The zero-order chi connectivity index (χ0) is 32.2. The van der Waals surface area contributed by atoms with Crippen LogP contribution in [-0.2, 0) is 5.16 Å². The average Bonchev–Trinajstić information content (AvgIpc) is 3.81. The van der Waals surface area contributed by atoms with E-state index in [1.165, 1.54) is 52.9 Å². The molecule has 7 rings (SSSR count). The predicted molar refractivity (Wildman–Crippen MR) is 202 cm³/mol. The van der Waals surface area contributed by atoms with E-state index < -0.39 is 9.52 Å². The highest BCUT2D eigenvalue weighted by molar-refractivity contribution is 6.86. The molecule has 1 aliphatic rings. The summed E-state index contributed by atoms with van der Waals surface area (Å²) in [4.78, 5) is 4.42. The maximum atomic E-state index is 6.07. The fourth-order valence-electron chi connectivity index (χ4n) is 6.74. The molecule has 1 saturated carbocycles. The third kappa shape index (κ3) is 8.22. The van der Waals surface area contributed by atoms with Crippen molar-refractivity contribution in [2.24, 2.45) is 0 Å². The van der Waals surface area contributed by atoms with Gasteiger partial charge in [0.05, 0.1) is 27.6 Å². The number of ether oxygens (including phenoxy) is 1. The first kappa shape index (κ1) is 32.3. The molecule has 0 amide bonds. The predicted octanol–water partition coefficient (Wildman–Crippen LogP) is 7.16. The highest BCUT2D eigenvalue weighted by atomic mass is 28.2. The molecule has 0 aliphatic heterocycles. The fourth-order valence-corrected chi connectivity index (χ4v) is 9.14. The molecule has 6 aromatic rings. The minimum Gasteiger partial charge on any atom is -0.494 e. The normalized spacial score (nSPS) is 12.8.